The van der Waals surface area contributed by atoms with E-state index in [9.17, 15) is 4.79 Å². The Morgan fingerprint density at radius 2 is 2.06 bits per heavy atom. The quantitative estimate of drug-likeness (QED) is 0.292. The molecule has 0 aliphatic heterocycles. The lowest BCUT2D eigenvalue weighted by Crippen LogP contribution is -2.16. The van der Waals surface area contributed by atoms with E-state index in [1.165, 1.54) is 27.8 Å². The van der Waals surface area contributed by atoms with Gasteiger partial charge in [0.05, 0.1) is 23.4 Å². The first-order chi connectivity index (χ1) is 15.1. The van der Waals surface area contributed by atoms with Gasteiger partial charge < -0.3 is 20.3 Å². The van der Waals surface area contributed by atoms with Crippen LogP contribution < -0.4 is 15.9 Å². The van der Waals surface area contributed by atoms with Gasteiger partial charge in [0, 0.05) is 16.8 Å². The van der Waals surface area contributed by atoms with Gasteiger partial charge in [-0.1, -0.05) is 36.0 Å². The fourth-order valence-corrected chi connectivity index (χ4v) is 4.65. The van der Waals surface area contributed by atoms with Crippen molar-refractivity contribution in [3.63, 3.8) is 0 Å². The molecule has 0 radical (unpaired) electrons. The van der Waals surface area contributed by atoms with Crippen molar-refractivity contribution in [1.29, 1.82) is 0 Å². The highest BCUT2D eigenvalue weighted by Crippen LogP contribution is 2.36. The maximum atomic E-state index is 12.6. The van der Waals surface area contributed by atoms with Crippen molar-refractivity contribution in [2.75, 3.05) is 24.0 Å². The molecule has 0 aliphatic carbocycles. The molecule has 5 rings (SSSR count). The van der Waals surface area contributed by atoms with Gasteiger partial charge >= 0.3 is 0 Å². The molecule has 3 N–H and O–H groups in total. The van der Waals surface area contributed by atoms with Gasteiger partial charge in [0.25, 0.3) is 0 Å². The van der Waals surface area contributed by atoms with Gasteiger partial charge in [0.2, 0.25) is 11.1 Å². The molecule has 0 atom stereocenters. The summed E-state index contributed by atoms with van der Waals surface area (Å²) >= 11 is 2.73. The molecule has 2 aromatic carbocycles. The highest BCUT2D eigenvalue weighted by atomic mass is 32.2. The predicted octanol–water partition coefficient (Wildman–Crippen LogP) is 4.36. The normalized spacial score (nSPS) is 11.3. The van der Waals surface area contributed by atoms with Crippen LogP contribution in [0.4, 0.5) is 5.69 Å². The van der Waals surface area contributed by atoms with E-state index in [-0.39, 0.29) is 11.7 Å². The van der Waals surface area contributed by atoms with Crippen LogP contribution in [0.3, 0.4) is 0 Å². The van der Waals surface area contributed by atoms with Crippen LogP contribution in [0.1, 0.15) is 0 Å². The van der Waals surface area contributed by atoms with Gasteiger partial charge in [0.15, 0.2) is 5.82 Å². The van der Waals surface area contributed by atoms with E-state index >= 15 is 0 Å². The Hall–Kier alpha value is -3.50. The van der Waals surface area contributed by atoms with E-state index in [2.05, 4.69) is 15.5 Å². The second-order valence-electron chi connectivity index (χ2n) is 6.64. The minimum absolute atomic E-state index is 0.112. The summed E-state index contributed by atoms with van der Waals surface area (Å²) in [5, 5.41) is 15.4. The molecule has 31 heavy (non-hydrogen) atoms. The number of methoxy groups -OCH3 is 1. The summed E-state index contributed by atoms with van der Waals surface area (Å²) in [6, 6.07) is 15.2. The Bertz CT molecular complexity index is 1390. The summed E-state index contributed by atoms with van der Waals surface area (Å²) in [7, 11) is 1.57. The number of ether oxygens (including phenoxy) is 1. The van der Waals surface area contributed by atoms with Crippen molar-refractivity contribution in [1.82, 2.24) is 14.9 Å². The topological polar surface area (TPSA) is 108 Å². The van der Waals surface area contributed by atoms with Crippen molar-refractivity contribution in [2.24, 2.45) is 0 Å². The van der Waals surface area contributed by atoms with Crippen LogP contribution in [0.15, 0.2) is 63.5 Å². The second-order valence-corrected chi connectivity index (χ2v) is 8.53. The molecule has 10 heteroatoms. The third-order valence-corrected chi connectivity index (χ3v) is 6.52. The Labute approximate surface area is 185 Å². The largest absolute Gasteiger partial charge is 0.495 e. The number of aromatic nitrogens is 3. The predicted molar refractivity (Wildman–Crippen MR) is 123 cm³/mol. The smallest absolute Gasteiger partial charge is 0.234 e. The fraction of sp³-hybridized carbons (Fsp3) is 0.0952. The highest BCUT2D eigenvalue weighted by molar-refractivity contribution is 7.99. The third kappa shape index (κ3) is 3.60. The zero-order chi connectivity index (χ0) is 21.4. The average Bonchev–Trinajstić information content (AvgIpc) is 3.50. The van der Waals surface area contributed by atoms with Crippen LogP contribution in [0.25, 0.3) is 32.6 Å². The van der Waals surface area contributed by atoms with Gasteiger partial charge in [-0.15, -0.1) is 21.5 Å². The fourth-order valence-electron chi connectivity index (χ4n) is 3.28. The number of rotatable bonds is 6. The summed E-state index contributed by atoms with van der Waals surface area (Å²) < 4.78 is 12.8. The monoisotopic (exact) mass is 451 g/mol. The highest BCUT2D eigenvalue weighted by Gasteiger charge is 2.17. The van der Waals surface area contributed by atoms with Crippen LogP contribution in [-0.4, -0.2) is 33.6 Å². The Balaban J connectivity index is 1.34. The molecule has 3 aromatic heterocycles. The lowest BCUT2D eigenvalue weighted by atomic mass is 10.1. The molecule has 0 fully saturated rings. The van der Waals surface area contributed by atoms with Gasteiger partial charge in [-0.3, -0.25) is 4.79 Å². The van der Waals surface area contributed by atoms with Crippen molar-refractivity contribution < 1.29 is 13.9 Å². The van der Waals surface area contributed by atoms with Crippen LogP contribution in [0.5, 0.6) is 5.75 Å². The molecule has 0 unspecified atom stereocenters. The summed E-state index contributed by atoms with van der Waals surface area (Å²) in [4.78, 5) is 13.5. The molecule has 0 bridgehead atoms. The maximum Gasteiger partial charge on any atom is 0.234 e. The number of nitrogens with one attached hydrogen (secondary N) is 1. The first-order valence-corrected chi connectivity index (χ1v) is 11.2. The lowest BCUT2D eigenvalue weighted by Gasteiger charge is -2.10. The Morgan fingerprint density at radius 3 is 2.87 bits per heavy atom. The van der Waals surface area contributed by atoms with E-state index in [0.717, 1.165) is 21.2 Å². The van der Waals surface area contributed by atoms with Gasteiger partial charge in [-0.25, -0.2) is 4.68 Å². The molecule has 0 aliphatic rings. The lowest BCUT2D eigenvalue weighted by molar-refractivity contribution is -0.113. The van der Waals surface area contributed by atoms with Gasteiger partial charge in [-0.05, 0) is 23.6 Å². The molecule has 1 amide bonds. The van der Waals surface area contributed by atoms with E-state index < -0.39 is 0 Å². The summed E-state index contributed by atoms with van der Waals surface area (Å²) in [6.07, 6.45) is 0. The number of thioether (sulfide) groups is 1. The number of fused-ring (bicyclic) bond motifs is 3. The number of amides is 1. The minimum Gasteiger partial charge on any atom is -0.495 e. The SMILES string of the molecule is COc1cc2c(cc1NC(=O)CSc1nnc(-c3cccs3)n1N)oc1ccccc12. The van der Waals surface area contributed by atoms with Crippen molar-refractivity contribution in [2.45, 2.75) is 5.16 Å². The van der Waals surface area contributed by atoms with Crippen LogP contribution in [0.2, 0.25) is 0 Å². The Kier molecular flexibility index (Phi) is 5.00. The zero-order valence-electron chi connectivity index (χ0n) is 16.4. The molecule has 156 valence electrons. The van der Waals surface area contributed by atoms with Crippen molar-refractivity contribution in [3.05, 3.63) is 53.9 Å². The standard InChI is InChI=1S/C21H17N5O3S2/c1-28-17-9-13-12-5-2-3-6-15(12)29-16(13)10-14(17)23-19(27)11-31-21-25-24-20(26(21)22)18-7-4-8-30-18/h2-10H,11,22H2,1H3,(H,23,27). The third-order valence-electron chi connectivity index (χ3n) is 4.71. The molecule has 3 heterocycles. The average molecular weight is 452 g/mol. The van der Waals surface area contributed by atoms with Gasteiger partial charge in [0.1, 0.15) is 16.9 Å². The van der Waals surface area contributed by atoms with Crippen LogP contribution in [0, 0.1) is 0 Å². The number of furan rings is 1. The first-order valence-electron chi connectivity index (χ1n) is 9.30. The molecular formula is C21H17N5O3S2. The number of thiophene rings is 1. The summed E-state index contributed by atoms with van der Waals surface area (Å²) in [5.41, 5.74) is 1.99. The number of nitrogen functional groups attached to an aromatic ring is 1. The first kappa shape index (κ1) is 19.5. The zero-order valence-corrected chi connectivity index (χ0v) is 18.0. The molecule has 0 saturated heterocycles. The summed E-state index contributed by atoms with van der Waals surface area (Å²) in [5.74, 6) is 7.10. The number of para-hydroxylation sites is 1. The molecular weight excluding hydrogens is 434 g/mol. The number of hydrogen-bond donors (Lipinski definition) is 2. The molecule has 8 nitrogen and oxygen atoms in total. The number of carbonyl (C=O) groups excluding carboxylic acids is 1. The van der Waals surface area contributed by atoms with Crippen molar-refractivity contribution in [3.8, 4) is 16.5 Å². The van der Waals surface area contributed by atoms with E-state index in [1.54, 1.807) is 13.2 Å². The number of benzene rings is 2. The molecule has 0 saturated carbocycles. The number of anilines is 1. The number of nitrogens with two attached hydrogens (primary N) is 1. The van der Waals surface area contributed by atoms with E-state index in [0.29, 0.717) is 28.0 Å². The van der Waals surface area contributed by atoms with Gasteiger partial charge in [-0.2, -0.15) is 0 Å². The number of carbonyl (C=O) groups is 1. The molecule has 0 spiro atoms. The van der Waals surface area contributed by atoms with Crippen LogP contribution in [-0.2, 0) is 4.79 Å². The number of hydrogen-bond acceptors (Lipinski definition) is 8. The minimum atomic E-state index is -0.223. The maximum absolute atomic E-state index is 12.6. The second kappa shape index (κ2) is 7.97. The number of nitrogens with zero attached hydrogens (tertiary/aromatic N) is 3. The summed E-state index contributed by atoms with van der Waals surface area (Å²) in [6.45, 7) is 0. The van der Waals surface area contributed by atoms with Crippen LogP contribution >= 0.6 is 23.1 Å². The molecule has 5 aromatic rings. The van der Waals surface area contributed by atoms with E-state index in [4.69, 9.17) is 15.0 Å². The van der Waals surface area contributed by atoms with E-state index in [1.807, 2.05) is 47.8 Å². The van der Waals surface area contributed by atoms with Crippen molar-refractivity contribution >= 4 is 56.6 Å². The Morgan fingerprint density at radius 1 is 1.19 bits per heavy atom.